The van der Waals surface area contributed by atoms with Crippen LogP contribution in [0.2, 0.25) is 0 Å². The first-order valence-corrected chi connectivity index (χ1v) is 6.21. The molecule has 0 aliphatic carbocycles. The van der Waals surface area contributed by atoms with Crippen LogP contribution in [0.3, 0.4) is 0 Å². The fraction of sp³-hybridized carbons (Fsp3) is 0.429. The van der Waals surface area contributed by atoms with E-state index in [1.165, 1.54) is 17.0 Å². The molecule has 0 aliphatic heterocycles. The summed E-state index contributed by atoms with van der Waals surface area (Å²) in [5.41, 5.74) is 4.92. The van der Waals surface area contributed by atoms with E-state index < -0.39 is 23.2 Å². The number of halogens is 1. The van der Waals surface area contributed by atoms with Crippen molar-refractivity contribution < 1.29 is 19.1 Å². The minimum absolute atomic E-state index is 0.0330. The monoisotopic (exact) mass is 282 g/mol. The van der Waals surface area contributed by atoms with E-state index in [0.29, 0.717) is 0 Å². The Bertz CT molecular complexity index is 524. The Hall–Kier alpha value is -2.11. The maximum absolute atomic E-state index is 13.4. The van der Waals surface area contributed by atoms with Crippen LogP contribution in [0.5, 0.6) is 0 Å². The molecular weight excluding hydrogens is 263 g/mol. The van der Waals surface area contributed by atoms with Crippen LogP contribution in [0, 0.1) is 5.82 Å². The number of nitrogens with zero attached hydrogens (tertiary/aromatic N) is 1. The minimum Gasteiger partial charge on any atom is -0.481 e. The summed E-state index contributed by atoms with van der Waals surface area (Å²) < 4.78 is 13.4. The predicted molar refractivity (Wildman–Crippen MR) is 73.9 cm³/mol. The molecule has 1 rings (SSSR count). The summed E-state index contributed by atoms with van der Waals surface area (Å²) in [4.78, 5) is 24.5. The van der Waals surface area contributed by atoms with Gasteiger partial charge in [-0.25, -0.2) is 4.39 Å². The van der Waals surface area contributed by atoms with Crippen molar-refractivity contribution in [1.29, 1.82) is 0 Å². The van der Waals surface area contributed by atoms with Crippen molar-refractivity contribution in [3.63, 3.8) is 0 Å². The van der Waals surface area contributed by atoms with Crippen molar-refractivity contribution in [2.45, 2.75) is 32.7 Å². The highest BCUT2D eigenvalue weighted by atomic mass is 19.1. The molecule has 1 aromatic rings. The van der Waals surface area contributed by atoms with Gasteiger partial charge in [0.25, 0.3) is 5.91 Å². The lowest BCUT2D eigenvalue weighted by molar-refractivity contribution is -0.137. The first kappa shape index (κ1) is 15.9. The Morgan fingerprint density at radius 1 is 1.35 bits per heavy atom. The van der Waals surface area contributed by atoms with Crippen LogP contribution >= 0.6 is 0 Å². The van der Waals surface area contributed by atoms with Gasteiger partial charge in [-0.15, -0.1) is 0 Å². The van der Waals surface area contributed by atoms with Crippen LogP contribution in [-0.4, -0.2) is 34.0 Å². The largest absolute Gasteiger partial charge is 0.481 e. The minimum atomic E-state index is -0.990. The number of aliphatic carboxylic acids is 1. The van der Waals surface area contributed by atoms with E-state index in [1.54, 1.807) is 20.8 Å². The molecule has 0 atom stereocenters. The van der Waals surface area contributed by atoms with Gasteiger partial charge in [0.15, 0.2) is 0 Å². The number of carboxylic acids is 1. The standard InChI is InChI=1S/C14H19FN2O3/c1-14(2,3)17(7-6-12(18)19)13(20)9-4-5-11(16)10(15)8-9/h4-5,8H,6-7,16H2,1-3H3,(H,18,19). The van der Waals surface area contributed by atoms with Crippen molar-refractivity contribution in [3.8, 4) is 0 Å². The number of nitrogen functional groups attached to an aromatic ring is 1. The number of hydrogen-bond acceptors (Lipinski definition) is 3. The fourth-order valence-corrected chi connectivity index (χ4v) is 1.77. The number of carbonyl (C=O) groups excluding carboxylic acids is 1. The molecule has 0 radical (unpaired) electrons. The third-order valence-electron chi connectivity index (χ3n) is 2.85. The molecule has 0 saturated heterocycles. The number of amides is 1. The summed E-state index contributed by atoms with van der Waals surface area (Å²) in [6.07, 6.45) is -0.166. The first-order valence-electron chi connectivity index (χ1n) is 6.21. The van der Waals surface area contributed by atoms with Gasteiger partial charge in [-0.1, -0.05) is 0 Å². The zero-order valence-electron chi connectivity index (χ0n) is 11.8. The van der Waals surface area contributed by atoms with Crippen LogP contribution in [0.25, 0.3) is 0 Å². The highest BCUT2D eigenvalue weighted by Crippen LogP contribution is 2.20. The van der Waals surface area contributed by atoms with Gasteiger partial charge in [0.1, 0.15) is 5.82 Å². The topological polar surface area (TPSA) is 83.6 Å². The molecule has 0 bridgehead atoms. The summed E-state index contributed by atoms with van der Waals surface area (Å²) >= 11 is 0. The molecule has 1 aromatic carbocycles. The van der Waals surface area contributed by atoms with Gasteiger partial charge in [0.05, 0.1) is 12.1 Å². The Balaban J connectivity index is 3.03. The second-order valence-electron chi connectivity index (χ2n) is 5.51. The summed E-state index contributed by atoms with van der Waals surface area (Å²) in [7, 11) is 0. The number of rotatable bonds is 4. The smallest absolute Gasteiger partial charge is 0.305 e. The molecular formula is C14H19FN2O3. The van der Waals surface area contributed by atoms with E-state index >= 15 is 0 Å². The van der Waals surface area contributed by atoms with E-state index in [0.717, 1.165) is 6.07 Å². The SMILES string of the molecule is CC(C)(C)N(CCC(=O)O)C(=O)c1ccc(N)c(F)c1. The summed E-state index contributed by atoms with van der Waals surface area (Å²) in [6, 6.07) is 3.82. The Morgan fingerprint density at radius 3 is 2.40 bits per heavy atom. The van der Waals surface area contributed by atoms with E-state index in [1.807, 2.05) is 0 Å². The zero-order chi connectivity index (χ0) is 15.5. The first-order chi connectivity index (χ1) is 9.12. The lowest BCUT2D eigenvalue weighted by Gasteiger charge is -2.35. The molecule has 20 heavy (non-hydrogen) atoms. The Labute approximate surface area is 117 Å². The predicted octanol–water partition coefficient (Wildman–Crippen LogP) is 2.12. The second kappa shape index (κ2) is 5.90. The van der Waals surface area contributed by atoms with Crippen molar-refractivity contribution in [1.82, 2.24) is 4.90 Å². The molecule has 0 unspecified atom stereocenters. The van der Waals surface area contributed by atoms with Crippen molar-refractivity contribution in [2.75, 3.05) is 12.3 Å². The molecule has 110 valence electrons. The quantitative estimate of drug-likeness (QED) is 0.829. The lowest BCUT2D eigenvalue weighted by Crippen LogP contribution is -2.46. The van der Waals surface area contributed by atoms with Crippen LogP contribution in [0.4, 0.5) is 10.1 Å². The average molecular weight is 282 g/mol. The molecule has 3 N–H and O–H groups in total. The number of carbonyl (C=O) groups is 2. The molecule has 0 aromatic heterocycles. The number of carboxylic acid groups (broad SMARTS) is 1. The highest BCUT2D eigenvalue weighted by molar-refractivity contribution is 5.95. The molecule has 0 aliphatic rings. The summed E-state index contributed by atoms with van der Waals surface area (Å²) in [6.45, 7) is 5.44. The molecule has 0 spiro atoms. The van der Waals surface area contributed by atoms with Gasteiger partial charge < -0.3 is 15.7 Å². The molecule has 0 saturated carbocycles. The number of nitrogens with two attached hydrogens (primary N) is 1. The van der Waals surface area contributed by atoms with Gasteiger partial charge in [0.2, 0.25) is 0 Å². The van der Waals surface area contributed by atoms with Crippen LogP contribution in [0.15, 0.2) is 18.2 Å². The number of hydrogen-bond donors (Lipinski definition) is 2. The van der Waals surface area contributed by atoms with Crippen LogP contribution < -0.4 is 5.73 Å². The number of anilines is 1. The molecule has 0 heterocycles. The second-order valence-corrected chi connectivity index (χ2v) is 5.51. The van der Waals surface area contributed by atoms with Gasteiger partial charge in [0, 0.05) is 17.6 Å². The molecule has 1 amide bonds. The fourth-order valence-electron chi connectivity index (χ4n) is 1.77. The average Bonchev–Trinajstić information content (AvgIpc) is 2.30. The Kier molecular flexibility index (Phi) is 4.70. The molecule has 5 nitrogen and oxygen atoms in total. The number of benzene rings is 1. The maximum Gasteiger partial charge on any atom is 0.305 e. The summed E-state index contributed by atoms with van der Waals surface area (Å²) in [5.74, 6) is -2.07. The molecule has 0 fully saturated rings. The lowest BCUT2D eigenvalue weighted by atomic mass is 10.0. The van der Waals surface area contributed by atoms with E-state index in [9.17, 15) is 14.0 Å². The van der Waals surface area contributed by atoms with Gasteiger partial charge in [-0.2, -0.15) is 0 Å². The van der Waals surface area contributed by atoms with E-state index in [2.05, 4.69) is 0 Å². The van der Waals surface area contributed by atoms with Crippen LogP contribution in [-0.2, 0) is 4.79 Å². The maximum atomic E-state index is 13.4. The normalized spacial score (nSPS) is 11.2. The van der Waals surface area contributed by atoms with E-state index in [4.69, 9.17) is 10.8 Å². The van der Waals surface area contributed by atoms with Crippen molar-refractivity contribution >= 4 is 17.6 Å². The van der Waals surface area contributed by atoms with E-state index in [-0.39, 0.29) is 24.2 Å². The molecule has 6 heteroatoms. The van der Waals surface area contributed by atoms with Crippen molar-refractivity contribution in [3.05, 3.63) is 29.6 Å². The van der Waals surface area contributed by atoms with Crippen molar-refractivity contribution in [2.24, 2.45) is 0 Å². The van der Waals surface area contributed by atoms with Gasteiger partial charge in [-0.3, -0.25) is 9.59 Å². The highest BCUT2D eigenvalue weighted by Gasteiger charge is 2.28. The Morgan fingerprint density at radius 2 is 1.95 bits per heavy atom. The summed E-state index contributed by atoms with van der Waals surface area (Å²) in [5, 5.41) is 8.75. The zero-order valence-corrected chi connectivity index (χ0v) is 11.8. The third kappa shape index (κ3) is 3.94. The van der Waals surface area contributed by atoms with Crippen LogP contribution in [0.1, 0.15) is 37.6 Å². The van der Waals surface area contributed by atoms with Gasteiger partial charge >= 0.3 is 5.97 Å². The van der Waals surface area contributed by atoms with Gasteiger partial charge in [-0.05, 0) is 39.0 Å². The third-order valence-corrected chi connectivity index (χ3v) is 2.85.